The van der Waals surface area contributed by atoms with Gasteiger partial charge in [0.05, 0.1) is 28.7 Å². The summed E-state index contributed by atoms with van der Waals surface area (Å²) in [6, 6.07) is 6.82. The van der Waals surface area contributed by atoms with Gasteiger partial charge in [-0.05, 0) is 62.7 Å². The molecule has 0 aliphatic carbocycles. The van der Waals surface area contributed by atoms with Gasteiger partial charge in [0.25, 0.3) is 10.0 Å². The van der Waals surface area contributed by atoms with Gasteiger partial charge in [-0.3, -0.25) is 4.31 Å². The number of alkyl halides is 5. The standard InChI is InChI=1S/C29H28F6N4O5S/c1-28(2,3)44-27(40)37-7-8-38-21(15-37)16-39(45(41,42)23-6-4-5-19(12-23)29(33,34)35)24-11-18(14-36-25(24)38)17-9-20(30)13-22(10-17)43-26(31)32/h4-6,9-14,21,26H,7-8,15-16H2,1-3H3/t21-/m0/s1. The lowest BCUT2D eigenvalue weighted by atomic mass is 10.0. The van der Waals surface area contributed by atoms with Gasteiger partial charge in [-0.1, -0.05) is 6.07 Å². The number of benzene rings is 2. The molecule has 242 valence electrons. The number of ether oxygens (including phenoxy) is 2. The molecule has 2 aliphatic rings. The Bertz CT molecular complexity index is 1710. The molecule has 0 unspecified atom stereocenters. The Balaban J connectivity index is 1.60. The highest BCUT2D eigenvalue weighted by molar-refractivity contribution is 7.92. The largest absolute Gasteiger partial charge is 0.444 e. The molecule has 2 aromatic carbocycles. The molecule has 1 atom stereocenters. The Labute approximate surface area is 255 Å². The van der Waals surface area contributed by atoms with Crippen LogP contribution in [0.15, 0.2) is 59.6 Å². The first-order chi connectivity index (χ1) is 20.9. The minimum atomic E-state index is -4.82. The lowest BCUT2D eigenvalue weighted by molar-refractivity contribution is -0.137. The number of halogens is 6. The molecule has 3 aromatic rings. The summed E-state index contributed by atoms with van der Waals surface area (Å²) in [4.78, 5) is 19.8. The van der Waals surface area contributed by atoms with E-state index in [0.29, 0.717) is 6.07 Å². The number of carbonyl (C=O) groups is 1. The number of piperazine rings is 1. The summed E-state index contributed by atoms with van der Waals surface area (Å²) in [5.41, 5.74) is -1.83. The van der Waals surface area contributed by atoms with Crippen molar-refractivity contribution in [3.05, 3.63) is 66.1 Å². The van der Waals surface area contributed by atoms with Crippen LogP contribution in [-0.4, -0.2) is 68.8 Å². The average molecular weight is 659 g/mol. The molecular formula is C29H28F6N4O5S. The number of carbonyl (C=O) groups excluding carboxylic acids is 1. The summed E-state index contributed by atoms with van der Waals surface area (Å²) in [5.74, 6) is -1.24. The monoisotopic (exact) mass is 658 g/mol. The van der Waals surface area contributed by atoms with Gasteiger partial charge < -0.3 is 19.3 Å². The molecular weight excluding hydrogens is 630 g/mol. The summed E-state index contributed by atoms with van der Waals surface area (Å²) in [6.45, 7) is 2.01. The number of pyridine rings is 1. The van der Waals surface area contributed by atoms with E-state index in [2.05, 4.69) is 9.72 Å². The van der Waals surface area contributed by atoms with E-state index >= 15 is 0 Å². The zero-order valence-electron chi connectivity index (χ0n) is 24.2. The zero-order valence-corrected chi connectivity index (χ0v) is 25.0. The van der Waals surface area contributed by atoms with Gasteiger partial charge >= 0.3 is 18.9 Å². The molecule has 1 aromatic heterocycles. The van der Waals surface area contributed by atoms with E-state index in [1.54, 1.807) is 25.7 Å². The zero-order chi connectivity index (χ0) is 32.9. The second kappa shape index (κ2) is 11.6. The first-order valence-electron chi connectivity index (χ1n) is 13.6. The van der Waals surface area contributed by atoms with Crippen LogP contribution in [-0.2, 0) is 20.9 Å². The Kier molecular flexibility index (Phi) is 8.31. The van der Waals surface area contributed by atoms with Crippen LogP contribution in [0.4, 0.5) is 42.6 Å². The van der Waals surface area contributed by atoms with Crippen molar-refractivity contribution in [2.45, 2.75) is 50.1 Å². The highest BCUT2D eigenvalue weighted by atomic mass is 32.2. The van der Waals surface area contributed by atoms with Crippen molar-refractivity contribution < 1.29 is 49.0 Å². The highest BCUT2D eigenvalue weighted by Crippen LogP contribution is 2.42. The van der Waals surface area contributed by atoms with E-state index < -0.39 is 62.6 Å². The van der Waals surface area contributed by atoms with Gasteiger partial charge in [-0.15, -0.1) is 0 Å². The van der Waals surface area contributed by atoms with Crippen LogP contribution in [0.2, 0.25) is 0 Å². The molecule has 1 saturated heterocycles. The summed E-state index contributed by atoms with van der Waals surface area (Å²) in [5, 5.41) is 0. The molecule has 16 heteroatoms. The first kappa shape index (κ1) is 32.2. The maximum Gasteiger partial charge on any atom is 0.416 e. The van der Waals surface area contributed by atoms with E-state index in [-0.39, 0.29) is 48.8 Å². The summed E-state index contributed by atoms with van der Waals surface area (Å²) < 4.78 is 119. The van der Waals surface area contributed by atoms with Crippen LogP contribution >= 0.6 is 0 Å². The topological polar surface area (TPSA) is 92.3 Å². The van der Waals surface area contributed by atoms with Crippen molar-refractivity contribution >= 4 is 27.6 Å². The predicted molar refractivity (Wildman–Crippen MR) is 151 cm³/mol. The highest BCUT2D eigenvalue weighted by Gasteiger charge is 2.43. The number of amides is 1. The number of nitrogens with zero attached hydrogens (tertiary/aromatic N) is 4. The maximum atomic E-state index is 14.4. The SMILES string of the molecule is CC(C)(C)OC(=O)N1CCN2c3ncc(-c4cc(F)cc(OC(F)F)c4)cc3N(S(=O)(=O)c3cccc(C(F)(F)F)c3)C[C@@H]2C1. The molecule has 5 rings (SSSR count). The lowest BCUT2D eigenvalue weighted by Crippen LogP contribution is -2.62. The summed E-state index contributed by atoms with van der Waals surface area (Å²) in [6.07, 6.45) is -4.14. The number of fused-ring (bicyclic) bond motifs is 3. The fourth-order valence-electron chi connectivity index (χ4n) is 5.17. The van der Waals surface area contributed by atoms with Crippen LogP contribution < -0.4 is 13.9 Å². The normalized spacial score (nSPS) is 17.2. The number of hydrogen-bond donors (Lipinski definition) is 0. The molecule has 0 radical (unpaired) electrons. The Hall–Kier alpha value is -4.21. The third-order valence-corrected chi connectivity index (χ3v) is 8.85. The fraction of sp³-hybridized carbons (Fsp3) is 0.379. The smallest absolute Gasteiger partial charge is 0.416 e. The molecule has 0 N–H and O–H groups in total. The van der Waals surface area contributed by atoms with E-state index in [1.807, 2.05) is 0 Å². The summed E-state index contributed by atoms with van der Waals surface area (Å²) in [7, 11) is -4.67. The van der Waals surface area contributed by atoms with Gasteiger partial charge in [0.2, 0.25) is 0 Å². The average Bonchev–Trinajstić information content (AvgIpc) is 2.94. The summed E-state index contributed by atoms with van der Waals surface area (Å²) >= 11 is 0. The third kappa shape index (κ3) is 6.89. The second-order valence-electron chi connectivity index (χ2n) is 11.5. The van der Waals surface area contributed by atoms with Crippen molar-refractivity contribution in [3.8, 4) is 16.9 Å². The maximum absolute atomic E-state index is 14.4. The Morgan fingerprint density at radius 2 is 1.73 bits per heavy atom. The Morgan fingerprint density at radius 3 is 2.40 bits per heavy atom. The van der Waals surface area contributed by atoms with E-state index in [4.69, 9.17) is 4.74 Å². The van der Waals surface area contributed by atoms with Gasteiger partial charge in [0, 0.05) is 37.5 Å². The number of anilines is 2. The molecule has 0 bridgehead atoms. The number of sulfonamides is 1. The lowest BCUT2D eigenvalue weighted by Gasteiger charge is -2.48. The quantitative estimate of drug-likeness (QED) is 0.304. The van der Waals surface area contributed by atoms with Crippen molar-refractivity contribution in [3.63, 3.8) is 0 Å². The molecule has 3 heterocycles. The third-order valence-electron chi connectivity index (χ3n) is 7.08. The molecule has 1 amide bonds. The van der Waals surface area contributed by atoms with Crippen LogP contribution in [0.25, 0.3) is 11.1 Å². The van der Waals surface area contributed by atoms with E-state index in [9.17, 15) is 39.6 Å². The predicted octanol–water partition coefficient (Wildman–Crippen LogP) is 6.14. The molecule has 45 heavy (non-hydrogen) atoms. The van der Waals surface area contributed by atoms with Crippen LogP contribution in [0.5, 0.6) is 5.75 Å². The van der Waals surface area contributed by atoms with Crippen molar-refractivity contribution in [2.24, 2.45) is 0 Å². The van der Waals surface area contributed by atoms with Gasteiger partial charge in [0.15, 0.2) is 5.82 Å². The van der Waals surface area contributed by atoms with Crippen LogP contribution in [0.1, 0.15) is 26.3 Å². The minimum Gasteiger partial charge on any atom is -0.444 e. The number of hydrogen-bond acceptors (Lipinski definition) is 7. The van der Waals surface area contributed by atoms with E-state index in [1.165, 1.54) is 17.2 Å². The fourth-order valence-corrected chi connectivity index (χ4v) is 6.71. The van der Waals surface area contributed by atoms with E-state index in [0.717, 1.165) is 40.7 Å². The van der Waals surface area contributed by atoms with Crippen LogP contribution in [0.3, 0.4) is 0 Å². The van der Waals surface area contributed by atoms with Gasteiger partial charge in [-0.25, -0.2) is 22.6 Å². The number of aromatic nitrogens is 1. The molecule has 1 fully saturated rings. The molecule has 0 spiro atoms. The second-order valence-corrected chi connectivity index (χ2v) is 13.3. The molecule has 0 saturated carbocycles. The van der Waals surface area contributed by atoms with Crippen molar-refractivity contribution in [2.75, 3.05) is 35.4 Å². The van der Waals surface area contributed by atoms with Gasteiger partial charge in [-0.2, -0.15) is 22.0 Å². The van der Waals surface area contributed by atoms with Gasteiger partial charge in [0.1, 0.15) is 17.2 Å². The van der Waals surface area contributed by atoms with Crippen molar-refractivity contribution in [1.29, 1.82) is 0 Å². The minimum absolute atomic E-state index is 0.0185. The van der Waals surface area contributed by atoms with Crippen molar-refractivity contribution in [1.82, 2.24) is 9.88 Å². The molecule has 2 aliphatic heterocycles. The Morgan fingerprint density at radius 1 is 1.00 bits per heavy atom. The van der Waals surface area contributed by atoms with Crippen LogP contribution in [0, 0.1) is 5.82 Å². The first-order valence-corrected chi connectivity index (χ1v) is 15.1. The molecule has 9 nitrogen and oxygen atoms in total. The number of rotatable bonds is 5.